The molecule has 0 saturated heterocycles. The third-order valence-corrected chi connectivity index (χ3v) is 2.92. The minimum atomic E-state index is -0.475. The average molecular weight is 276 g/mol. The molecule has 0 amide bonds. The number of nitro groups is 1. The largest absolute Gasteiger partial charge is 0.368 e. The molecule has 0 bridgehead atoms. The second-order valence-corrected chi connectivity index (χ2v) is 4.43. The second-order valence-electron chi connectivity index (χ2n) is 4.43. The summed E-state index contributed by atoms with van der Waals surface area (Å²) in [5.41, 5.74) is 6.05. The quantitative estimate of drug-likeness (QED) is 0.653. The van der Waals surface area contributed by atoms with E-state index in [0.29, 0.717) is 5.69 Å². The zero-order valence-corrected chi connectivity index (χ0v) is 11.4. The van der Waals surface area contributed by atoms with Gasteiger partial charge in [-0.3, -0.25) is 10.1 Å². The molecule has 0 aromatic carbocycles. The van der Waals surface area contributed by atoms with E-state index in [-0.39, 0.29) is 23.8 Å². The average Bonchev–Trinajstić information content (AvgIpc) is 2.75. The molecule has 0 saturated carbocycles. The van der Waals surface area contributed by atoms with Gasteiger partial charge in [0, 0.05) is 18.9 Å². The monoisotopic (exact) mass is 276 g/mol. The number of hydrogen-bond donors (Lipinski definition) is 1. The first-order valence-electron chi connectivity index (χ1n) is 6.30. The number of imidazole rings is 1. The predicted octanol–water partition coefficient (Wildman–Crippen LogP) is 1.47. The van der Waals surface area contributed by atoms with Crippen LogP contribution in [-0.2, 0) is 13.0 Å². The lowest BCUT2D eigenvalue weighted by atomic mass is 10.2. The number of nitrogen functional groups attached to an aromatic ring is 1. The van der Waals surface area contributed by atoms with Crippen LogP contribution in [0, 0.1) is 17.0 Å². The molecule has 8 heteroatoms. The van der Waals surface area contributed by atoms with Crippen molar-refractivity contribution in [3.63, 3.8) is 0 Å². The number of aromatic nitrogens is 4. The van der Waals surface area contributed by atoms with Crippen LogP contribution < -0.4 is 5.73 Å². The number of hydrogen-bond acceptors (Lipinski definition) is 6. The van der Waals surface area contributed by atoms with Gasteiger partial charge >= 0.3 is 5.69 Å². The maximum atomic E-state index is 11.2. The highest BCUT2D eigenvalue weighted by Gasteiger charge is 2.22. The maximum Gasteiger partial charge on any atom is 0.312 e. The summed E-state index contributed by atoms with van der Waals surface area (Å²) in [7, 11) is 0. The molecule has 2 aromatic rings. The van der Waals surface area contributed by atoms with Crippen molar-refractivity contribution in [2.45, 2.75) is 33.2 Å². The summed E-state index contributed by atoms with van der Waals surface area (Å²) in [6, 6.07) is 0. The van der Waals surface area contributed by atoms with Crippen LogP contribution in [0.3, 0.4) is 0 Å². The van der Waals surface area contributed by atoms with Gasteiger partial charge in [-0.2, -0.15) is 0 Å². The Labute approximate surface area is 115 Å². The van der Waals surface area contributed by atoms with E-state index in [1.54, 1.807) is 13.1 Å². The van der Waals surface area contributed by atoms with Crippen molar-refractivity contribution in [1.29, 1.82) is 0 Å². The summed E-state index contributed by atoms with van der Waals surface area (Å²) in [4.78, 5) is 22.7. The zero-order valence-electron chi connectivity index (χ0n) is 11.4. The molecular formula is C12H16N6O2. The predicted molar refractivity (Wildman–Crippen MR) is 73.2 cm³/mol. The molecule has 0 fully saturated rings. The minimum Gasteiger partial charge on any atom is -0.368 e. The Balaban J connectivity index is 2.42. The van der Waals surface area contributed by atoms with Crippen molar-refractivity contribution in [2.24, 2.45) is 0 Å². The first-order valence-corrected chi connectivity index (χ1v) is 6.30. The lowest BCUT2D eigenvalue weighted by Crippen LogP contribution is -2.10. The van der Waals surface area contributed by atoms with Crippen molar-refractivity contribution in [3.8, 4) is 0 Å². The highest BCUT2D eigenvalue weighted by molar-refractivity contribution is 5.44. The number of nitrogens with zero attached hydrogens (tertiary/aromatic N) is 5. The van der Waals surface area contributed by atoms with Crippen molar-refractivity contribution in [2.75, 3.05) is 5.73 Å². The fourth-order valence-corrected chi connectivity index (χ4v) is 2.11. The molecule has 0 aliphatic carbocycles. The van der Waals surface area contributed by atoms with Crippen LogP contribution in [0.2, 0.25) is 0 Å². The van der Waals surface area contributed by atoms with Gasteiger partial charge in [-0.15, -0.1) is 0 Å². The summed E-state index contributed by atoms with van der Waals surface area (Å²) in [5, 5.41) is 11.2. The molecule has 0 aliphatic rings. The van der Waals surface area contributed by atoms with E-state index in [4.69, 9.17) is 5.73 Å². The third kappa shape index (κ3) is 2.73. The molecule has 0 unspecified atom stereocenters. The summed E-state index contributed by atoms with van der Waals surface area (Å²) < 4.78 is 1.96. The van der Waals surface area contributed by atoms with E-state index in [1.807, 2.05) is 10.8 Å². The molecule has 106 valence electrons. The minimum absolute atomic E-state index is 0.0386. The molecule has 0 spiro atoms. The van der Waals surface area contributed by atoms with E-state index in [0.717, 1.165) is 18.8 Å². The smallest absolute Gasteiger partial charge is 0.312 e. The Morgan fingerprint density at radius 3 is 2.85 bits per heavy atom. The lowest BCUT2D eigenvalue weighted by molar-refractivity contribution is -0.386. The van der Waals surface area contributed by atoms with Crippen LogP contribution in [0.5, 0.6) is 0 Å². The Morgan fingerprint density at radius 1 is 1.45 bits per heavy atom. The van der Waals surface area contributed by atoms with Gasteiger partial charge < -0.3 is 10.3 Å². The van der Waals surface area contributed by atoms with Crippen LogP contribution in [0.15, 0.2) is 12.4 Å². The van der Waals surface area contributed by atoms with Gasteiger partial charge in [0.05, 0.1) is 11.3 Å². The molecule has 2 rings (SSSR count). The summed E-state index contributed by atoms with van der Waals surface area (Å²) in [5.74, 6) is 0.768. The molecule has 2 heterocycles. The fourth-order valence-electron chi connectivity index (χ4n) is 2.11. The van der Waals surface area contributed by atoms with Gasteiger partial charge in [0.1, 0.15) is 17.2 Å². The highest BCUT2D eigenvalue weighted by atomic mass is 16.6. The van der Waals surface area contributed by atoms with E-state index >= 15 is 0 Å². The fraction of sp³-hybridized carbons (Fsp3) is 0.417. The standard InChI is InChI=1S/C12H16N6O2/c1-3-5-17-6-4-14-10(17)7-9-11(18(19)20)8(2)15-12(13)16-9/h4,6H,3,5,7H2,1-2H3,(H2,13,15,16). The first-order chi connectivity index (χ1) is 9.52. The van der Waals surface area contributed by atoms with Crippen LogP contribution in [0.25, 0.3) is 0 Å². The number of nitrogens with two attached hydrogens (primary N) is 1. The molecule has 0 aliphatic heterocycles. The van der Waals surface area contributed by atoms with Gasteiger partial charge in [-0.1, -0.05) is 6.92 Å². The van der Waals surface area contributed by atoms with Crippen molar-refractivity contribution < 1.29 is 4.92 Å². The van der Waals surface area contributed by atoms with E-state index in [1.165, 1.54) is 0 Å². The number of rotatable bonds is 5. The molecule has 0 radical (unpaired) electrons. The van der Waals surface area contributed by atoms with Gasteiger partial charge in [0.2, 0.25) is 5.95 Å². The van der Waals surface area contributed by atoms with Crippen LogP contribution in [0.1, 0.15) is 30.6 Å². The molecular weight excluding hydrogens is 260 g/mol. The third-order valence-electron chi connectivity index (χ3n) is 2.92. The van der Waals surface area contributed by atoms with Crippen LogP contribution in [0.4, 0.5) is 11.6 Å². The second kappa shape index (κ2) is 5.64. The van der Waals surface area contributed by atoms with Gasteiger partial charge in [0.15, 0.2) is 0 Å². The van der Waals surface area contributed by atoms with Gasteiger partial charge in [0.25, 0.3) is 0 Å². The summed E-state index contributed by atoms with van der Waals surface area (Å²) in [6.45, 7) is 4.42. The van der Waals surface area contributed by atoms with Gasteiger partial charge in [-0.25, -0.2) is 15.0 Å². The topological polar surface area (TPSA) is 113 Å². The SMILES string of the molecule is CCCn1ccnc1Cc1nc(N)nc(C)c1[N+](=O)[O-]. The first kappa shape index (κ1) is 13.9. The molecule has 2 N–H and O–H groups in total. The van der Waals surface area contributed by atoms with Crippen molar-refractivity contribution >= 4 is 11.6 Å². The summed E-state index contributed by atoms with van der Waals surface area (Å²) >= 11 is 0. The van der Waals surface area contributed by atoms with Crippen LogP contribution in [-0.4, -0.2) is 24.4 Å². The van der Waals surface area contributed by atoms with Crippen LogP contribution >= 0.6 is 0 Å². The van der Waals surface area contributed by atoms with E-state index in [2.05, 4.69) is 21.9 Å². The normalized spacial score (nSPS) is 10.7. The Bertz CT molecular complexity index is 637. The zero-order chi connectivity index (χ0) is 14.7. The molecule has 0 atom stereocenters. The highest BCUT2D eigenvalue weighted by Crippen LogP contribution is 2.23. The maximum absolute atomic E-state index is 11.2. The molecule has 20 heavy (non-hydrogen) atoms. The van der Waals surface area contributed by atoms with Gasteiger partial charge in [-0.05, 0) is 13.3 Å². The van der Waals surface area contributed by atoms with Crippen molar-refractivity contribution in [3.05, 3.63) is 39.7 Å². The van der Waals surface area contributed by atoms with E-state index < -0.39 is 4.92 Å². The summed E-state index contributed by atoms with van der Waals surface area (Å²) in [6.07, 6.45) is 4.74. The lowest BCUT2D eigenvalue weighted by Gasteiger charge is -2.07. The molecule has 8 nitrogen and oxygen atoms in total. The van der Waals surface area contributed by atoms with Crippen molar-refractivity contribution in [1.82, 2.24) is 19.5 Å². The Kier molecular flexibility index (Phi) is 3.92. The molecule has 2 aromatic heterocycles. The number of anilines is 1. The van der Waals surface area contributed by atoms with E-state index in [9.17, 15) is 10.1 Å². The Hall–Kier alpha value is -2.51. The Morgan fingerprint density at radius 2 is 2.20 bits per heavy atom. The number of aryl methyl sites for hydroxylation is 2.